The summed E-state index contributed by atoms with van der Waals surface area (Å²) in [5.74, 6) is 1.34. The number of rotatable bonds is 6. The van der Waals surface area contributed by atoms with Crippen LogP contribution in [0.4, 0.5) is 17.3 Å². The Morgan fingerprint density at radius 2 is 1.84 bits per heavy atom. The average molecular weight is 350 g/mol. The second kappa shape index (κ2) is 8.13. The van der Waals surface area contributed by atoms with Crippen molar-refractivity contribution in [1.82, 2.24) is 9.97 Å². The van der Waals surface area contributed by atoms with Crippen LogP contribution < -0.4 is 10.6 Å². The van der Waals surface area contributed by atoms with Crippen LogP contribution in [0.2, 0.25) is 5.02 Å². The van der Waals surface area contributed by atoms with Gasteiger partial charge < -0.3 is 10.6 Å². The number of anilines is 3. The number of hydrogen-bond donors (Lipinski definition) is 2. The van der Waals surface area contributed by atoms with Gasteiger partial charge in [-0.05, 0) is 36.2 Å². The molecule has 0 amide bonds. The third kappa shape index (κ3) is 4.69. The highest BCUT2D eigenvalue weighted by Gasteiger charge is 2.04. The van der Waals surface area contributed by atoms with E-state index in [1.165, 1.54) is 6.33 Å². The molecule has 2 aromatic carbocycles. The van der Waals surface area contributed by atoms with Crippen LogP contribution in [0.5, 0.6) is 0 Å². The SMILES string of the molecule is N#Cc1ccccc1Nc1cc(NCCc2cccc(Cl)c2)ncn1. The van der Waals surface area contributed by atoms with E-state index in [-0.39, 0.29) is 0 Å². The molecular formula is C19H16ClN5. The van der Waals surface area contributed by atoms with Crippen LogP contribution in [-0.2, 0) is 6.42 Å². The number of hydrogen-bond acceptors (Lipinski definition) is 5. The van der Waals surface area contributed by atoms with Gasteiger partial charge in [0.15, 0.2) is 0 Å². The fourth-order valence-corrected chi connectivity index (χ4v) is 2.59. The lowest BCUT2D eigenvalue weighted by Gasteiger charge is -2.09. The Balaban J connectivity index is 1.62. The maximum Gasteiger partial charge on any atom is 0.135 e. The van der Waals surface area contributed by atoms with Gasteiger partial charge >= 0.3 is 0 Å². The van der Waals surface area contributed by atoms with E-state index in [4.69, 9.17) is 16.9 Å². The lowest BCUT2D eigenvalue weighted by atomic mass is 10.1. The fourth-order valence-electron chi connectivity index (χ4n) is 2.38. The first kappa shape index (κ1) is 16.7. The van der Waals surface area contributed by atoms with Crippen molar-refractivity contribution >= 4 is 28.9 Å². The normalized spacial score (nSPS) is 10.1. The molecule has 0 aliphatic heterocycles. The Labute approximate surface area is 151 Å². The van der Waals surface area contributed by atoms with E-state index >= 15 is 0 Å². The second-order valence-electron chi connectivity index (χ2n) is 5.38. The Kier molecular flexibility index (Phi) is 5.45. The summed E-state index contributed by atoms with van der Waals surface area (Å²) < 4.78 is 0. The molecule has 0 spiro atoms. The molecule has 0 aliphatic rings. The average Bonchev–Trinajstić information content (AvgIpc) is 2.63. The number of para-hydroxylation sites is 1. The summed E-state index contributed by atoms with van der Waals surface area (Å²) >= 11 is 5.99. The van der Waals surface area contributed by atoms with Crippen molar-refractivity contribution in [3.8, 4) is 6.07 Å². The van der Waals surface area contributed by atoms with Gasteiger partial charge in [0.05, 0.1) is 11.3 Å². The van der Waals surface area contributed by atoms with Crippen molar-refractivity contribution in [1.29, 1.82) is 5.26 Å². The highest BCUT2D eigenvalue weighted by molar-refractivity contribution is 6.30. The molecule has 0 radical (unpaired) electrons. The minimum Gasteiger partial charge on any atom is -0.370 e. The van der Waals surface area contributed by atoms with Gasteiger partial charge in [-0.2, -0.15) is 5.26 Å². The molecule has 3 rings (SSSR count). The minimum atomic E-state index is 0.566. The number of nitriles is 1. The van der Waals surface area contributed by atoms with Crippen molar-refractivity contribution in [2.24, 2.45) is 0 Å². The Hall–Kier alpha value is -3.10. The first-order valence-corrected chi connectivity index (χ1v) is 8.19. The van der Waals surface area contributed by atoms with E-state index in [1.54, 1.807) is 6.07 Å². The van der Waals surface area contributed by atoms with Crippen LogP contribution in [0, 0.1) is 11.3 Å². The Bertz CT molecular complexity index is 904. The molecule has 2 N–H and O–H groups in total. The molecule has 1 heterocycles. The van der Waals surface area contributed by atoms with Gasteiger partial charge in [-0.15, -0.1) is 0 Å². The van der Waals surface area contributed by atoms with Gasteiger partial charge in [0.2, 0.25) is 0 Å². The standard InChI is InChI=1S/C19H16ClN5/c20-16-6-3-4-14(10-16)8-9-22-18-11-19(24-13-23-18)25-17-7-2-1-5-15(17)12-21/h1-7,10-11,13H,8-9H2,(H2,22,23,24,25). The van der Waals surface area contributed by atoms with Crippen LogP contribution in [0.15, 0.2) is 60.9 Å². The summed E-state index contributed by atoms with van der Waals surface area (Å²) in [5, 5.41) is 16.3. The smallest absolute Gasteiger partial charge is 0.135 e. The first-order valence-electron chi connectivity index (χ1n) is 7.81. The van der Waals surface area contributed by atoms with Crippen molar-refractivity contribution in [2.45, 2.75) is 6.42 Å². The molecule has 0 unspecified atom stereocenters. The van der Waals surface area contributed by atoms with Crippen molar-refractivity contribution in [3.63, 3.8) is 0 Å². The number of halogens is 1. The Morgan fingerprint density at radius 3 is 2.68 bits per heavy atom. The van der Waals surface area contributed by atoms with E-state index in [9.17, 15) is 0 Å². The van der Waals surface area contributed by atoms with Crippen molar-refractivity contribution in [3.05, 3.63) is 77.1 Å². The molecule has 5 nitrogen and oxygen atoms in total. The molecule has 0 aliphatic carbocycles. The topological polar surface area (TPSA) is 73.6 Å². The fraction of sp³-hybridized carbons (Fsp3) is 0.105. The van der Waals surface area contributed by atoms with E-state index in [1.807, 2.05) is 48.5 Å². The summed E-state index contributed by atoms with van der Waals surface area (Å²) in [6, 6.07) is 19.1. The van der Waals surface area contributed by atoms with Crippen LogP contribution in [0.1, 0.15) is 11.1 Å². The molecule has 0 atom stereocenters. The predicted molar refractivity (Wildman–Crippen MR) is 100 cm³/mol. The number of aromatic nitrogens is 2. The number of nitrogens with one attached hydrogen (secondary N) is 2. The third-order valence-electron chi connectivity index (χ3n) is 3.59. The molecule has 6 heteroatoms. The van der Waals surface area contributed by atoms with Gasteiger partial charge in [0, 0.05) is 17.6 Å². The quantitative estimate of drug-likeness (QED) is 0.690. The molecule has 0 saturated heterocycles. The van der Waals surface area contributed by atoms with Crippen LogP contribution >= 0.6 is 11.6 Å². The molecule has 0 saturated carbocycles. The summed E-state index contributed by atoms with van der Waals surface area (Å²) in [5.41, 5.74) is 2.44. The summed E-state index contributed by atoms with van der Waals surface area (Å²) in [4.78, 5) is 8.42. The maximum absolute atomic E-state index is 9.15. The Morgan fingerprint density at radius 1 is 1.00 bits per heavy atom. The highest BCUT2D eigenvalue weighted by atomic mass is 35.5. The molecule has 3 aromatic rings. The summed E-state index contributed by atoms with van der Waals surface area (Å²) in [6.45, 7) is 0.728. The van der Waals surface area contributed by atoms with Crippen molar-refractivity contribution < 1.29 is 0 Å². The molecule has 1 aromatic heterocycles. The van der Waals surface area contributed by atoms with E-state index < -0.39 is 0 Å². The molecule has 25 heavy (non-hydrogen) atoms. The van der Waals surface area contributed by atoms with Gasteiger partial charge in [-0.3, -0.25) is 0 Å². The van der Waals surface area contributed by atoms with Gasteiger partial charge in [0.1, 0.15) is 24.0 Å². The van der Waals surface area contributed by atoms with E-state index in [0.717, 1.165) is 23.6 Å². The second-order valence-corrected chi connectivity index (χ2v) is 5.81. The highest BCUT2D eigenvalue weighted by Crippen LogP contribution is 2.20. The summed E-state index contributed by atoms with van der Waals surface area (Å²) in [7, 11) is 0. The van der Waals surface area contributed by atoms with Gasteiger partial charge in [-0.25, -0.2) is 9.97 Å². The predicted octanol–water partition coefficient (Wildman–Crippen LogP) is 4.40. The minimum absolute atomic E-state index is 0.566. The maximum atomic E-state index is 9.15. The lowest BCUT2D eigenvalue weighted by Crippen LogP contribution is -2.07. The van der Waals surface area contributed by atoms with Crippen LogP contribution in [0.25, 0.3) is 0 Å². The zero-order valence-corrected chi connectivity index (χ0v) is 14.2. The third-order valence-corrected chi connectivity index (χ3v) is 3.82. The van der Waals surface area contributed by atoms with Crippen molar-refractivity contribution in [2.75, 3.05) is 17.2 Å². The van der Waals surface area contributed by atoms with Gasteiger partial charge in [0.25, 0.3) is 0 Å². The van der Waals surface area contributed by atoms with Gasteiger partial charge in [-0.1, -0.05) is 35.9 Å². The lowest BCUT2D eigenvalue weighted by molar-refractivity contribution is 1.000. The molecule has 0 bridgehead atoms. The molecule has 124 valence electrons. The summed E-state index contributed by atoms with van der Waals surface area (Å²) in [6.07, 6.45) is 2.32. The van der Waals surface area contributed by atoms with E-state index in [0.29, 0.717) is 22.9 Å². The number of nitrogens with zero attached hydrogens (tertiary/aromatic N) is 3. The monoisotopic (exact) mass is 349 g/mol. The number of benzene rings is 2. The van der Waals surface area contributed by atoms with Crippen LogP contribution in [-0.4, -0.2) is 16.5 Å². The van der Waals surface area contributed by atoms with Crippen LogP contribution in [0.3, 0.4) is 0 Å². The first-order chi connectivity index (χ1) is 12.2. The largest absolute Gasteiger partial charge is 0.370 e. The molecular weight excluding hydrogens is 334 g/mol. The molecule has 0 fully saturated rings. The van der Waals surface area contributed by atoms with E-state index in [2.05, 4.69) is 26.7 Å². The zero-order valence-electron chi connectivity index (χ0n) is 13.4. The zero-order chi connectivity index (χ0) is 17.5.